The fraction of sp³-hybridized carbons (Fsp3) is 0.267. The van der Waals surface area contributed by atoms with Gasteiger partial charge in [0.05, 0.1) is 5.56 Å². The molecule has 106 valence electrons. The Morgan fingerprint density at radius 2 is 2.33 bits per heavy atom. The van der Waals surface area contributed by atoms with Gasteiger partial charge in [0, 0.05) is 20.7 Å². The molecule has 0 radical (unpaired) electrons. The van der Waals surface area contributed by atoms with Crippen LogP contribution in [0.2, 0.25) is 0 Å². The maximum absolute atomic E-state index is 11.4. The summed E-state index contributed by atoms with van der Waals surface area (Å²) in [6, 6.07) is 7.83. The fourth-order valence-corrected chi connectivity index (χ4v) is 3.58. The molecule has 1 aromatic carbocycles. The third-order valence-electron chi connectivity index (χ3n) is 3.87. The van der Waals surface area contributed by atoms with Gasteiger partial charge in [-0.2, -0.15) is 10.4 Å². The highest BCUT2D eigenvalue weighted by molar-refractivity contribution is 14.1. The van der Waals surface area contributed by atoms with E-state index >= 15 is 0 Å². The summed E-state index contributed by atoms with van der Waals surface area (Å²) < 4.78 is 0.889. The van der Waals surface area contributed by atoms with Crippen LogP contribution < -0.4 is 0 Å². The van der Waals surface area contributed by atoms with Crippen LogP contribution in [0.3, 0.4) is 0 Å². The van der Waals surface area contributed by atoms with E-state index in [1.165, 1.54) is 0 Å². The molecule has 1 aliphatic carbocycles. The number of carboxylic acids is 1. The number of rotatable bonds is 2. The molecule has 2 N–H and O–H groups in total. The summed E-state index contributed by atoms with van der Waals surface area (Å²) in [5, 5.41) is 25.1. The molecular weight excluding hydrogens is 381 g/mol. The van der Waals surface area contributed by atoms with Crippen molar-refractivity contribution in [2.45, 2.75) is 25.2 Å². The van der Waals surface area contributed by atoms with E-state index in [4.69, 9.17) is 5.26 Å². The van der Waals surface area contributed by atoms with Crippen LogP contribution in [0.5, 0.6) is 0 Å². The molecule has 2 aromatic rings. The second kappa shape index (κ2) is 5.48. The minimum absolute atomic E-state index is 0.0276. The zero-order valence-electron chi connectivity index (χ0n) is 11.1. The highest BCUT2D eigenvalue weighted by Crippen LogP contribution is 2.38. The first-order chi connectivity index (χ1) is 10.1. The van der Waals surface area contributed by atoms with E-state index in [1.54, 1.807) is 6.07 Å². The molecule has 1 heterocycles. The van der Waals surface area contributed by atoms with Crippen LogP contribution in [0.4, 0.5) is 0 Å². The Hall–Kier alpha value is -1.88. The second-order valence-electron chi connectivity index (χ2n) is 5.07. The highest BCUT2D eigenvalue weighted by Gasteiger charge is 2.30. The molecule has 0 aliphatic heterocycles. The maximum atomic E-state index is 11.4. The largest absolute Gasteiger partial charge is 0.476 e. The number of nitrogens with one attached hydrogen (secondary N) is 1. The van der Waals surface area contributed by atoms with Crippen LogP contribution in [0.1, 0.15) is 51.6 Å². The molecule has 1 aliphatic rings. The number of aryl methyl sites for hydroxylation is 1. The number of carboxylic acid groups (broad SMARTS) is 1. The van der Waals surface area contributed by atoms with Crippen molar-refractivity contribution in [1.29, 1.82) is 5.26 Å². The Kier molecular flexibility index (Phi) is 3.68. The van der Waals surface area contributed by atoms with Gasteiger partial charge in [0.1, 0.15) is 6.07 Å². The van der Waals surface area contributed by atoms with Crippen LogP contribution in [0, 0.1) is 14.9 Å². The van der Waals surface area contributed by atoms with Crippen molar-refractivity contribution in [2.75, 3.05) is 0 Å². The molecule has 0 saturated heterocycles. The summed E-state index contributed by atoms with van der Waals surface area (Å²) in [6.07, 6.45) is 2.73. The topological polar surface area (TPSA) is 89.8 Å². The molecule has 0 spiro atoms. The molecule has 6 heteroatoms. The average Bonchev–Trinajstić information content (AvgIpc) is 2.91. The van der Waals surface area contributed by atoms with Crippen LogP contribution in [0.15, 0.2) is 18.2 Å². The first-order valence-corrected chi connectivity index (χ1v) is 7.69. The number of aromatic amines is 1. The third-order valence-corrected chi connectivity index (χ3v) is 4.76. The van der Waals surface area contributed by atoms with Crippen molar-refractivity contribution >= 4 is 28.6 Å². The first kappa shape index (κ1) is 14.1. The van der Waals surface area contributed by atoms with Crippen molar-refractivity contribution in [1.82, 2.24) is 10.2 Å². The number of benzene rings is 1. The molecule has 1 atom stereocenters. The summed E-state index contributed by atoms with van der Waals surface area (Å²) in [5.74, 6) is -0.970. The van der Waals surface area contributed by atoms with Crippen LogP contribution in [0.25, 0.3) is 0 Å². The van der Waals surface area contributed by atoms with Gasteiger partial charge >= 0.3 is 5.97 Å². The van der Waals surface area contributed by atoms with E-state index in [-0.39, 0.29) is 11.6 Å². The maximum Gasteiger partial charge on any atom is 0.356 e. The van der Waals surface area contributed by atoms with Gasteiger partial charge in [-0.3, -0.25) is 5.10 Å². The minimum Gasteiger partial charge on any atom is -0.476 e. The first-order valence-electron chi connectivity index (χ1n) is 6.61. The van der Waals surface area contributed by atoms with Crippen LogP contribution in [-0.4, -0.2) is 21.3 Å². The molecule has 0 amide bonds. The smallest absolute Gasteiger partial charge is 0.356 e. The van der Waals surface area contributed by atoms with E-state index in [0.29, 0.717) is 5.56 Å². The van der Waals surface area contributed by atoms with Gasteiger partial charge in [0.15, 0.2) is 5.69 Å². The Morgan fingerprint density at radius 3 is 3.00 bits per heavy atom. The minimum atomic E-state index is -0.997. The quantitative estimate of drug-likeness (QED) is 0.768. The number of hydrogen-bond acceptors (Lipinski definition) is 3. The monoisotopic (exact) mass is 393 g/mol. The lowest BCUT2D eigenvalue weighted by atomic mass is 9.80. The number of carbonyl (C=O) groups is 1. The van der Waals surface area contributed by atoms with E-state index < -0.39 is 5.97 Å². The molecule has 3 rings (SSSR count). The molecule has 1 unspecified atom stereocenters. The number of nitriles is 1. The van der Waals surface area contributed by atoms with Crippen molar-refractivity contribution in [3.63, 3.8) is 0 Å². The van der Waals surface area contributed by atoms with Gasteiger partial charge < -0.3 is 5.11 Å². The molecule has 5 nitrogen and oxygen atoms in total. The highest BCUT2D eigenvalue weighted by atomic mass is 127. The fourth-order valence-electron chi connectivity index (χ4n) is 2.92. The summed E-state index contributed by atoms with van der Waals surface area (Å²) >= 11 is 2.14. The van der Waals surface area contributed by atoms with E-state index in [1.807, 2.05) is 12.1 Å². The summed E-state index contributed by atoms with van der Waals surface area (Å²) in [5.41, 5.74) is 3.52. The molecule has 1 aromatic heterocycles. The van der Waals surface area contributed by atoms with Crippen molar-refractivity contribution in [3.05, 3.63) is 49.8 Å². The zero-order chi connectivity index (χ0) is 15.0. The second-order valence-corrected chi connectivity index (χ2v) is 6.23. The number of hydrogen-bond donors (Lipinski definition) is 2. The zero-order valence-corrected chi connectivity index (χ0v) is 13.2. The average molecular weight is 393 g/mol. The van der Waals surface area contributed by atoms with Crippen molar-refractivity contribution in [2.24, 2.45) is 0 Å². The van der Waals surface area contributed by atoms with Crippen molar-refractivity contribution in [3.8, 4) is 6.07 Å². The van der Waals surface area contributed by atoms with E-state index in [2.05, 4.69) is 38.9 Å². The standard InChI is InChI=1S/C15H12IN3O2/c16-11-6-8(4-5-9(11)7-17)10-2-1-3-12-13(10)14(15(20)21)19-18-12/h4-6,10H,1-3H2,(H,18,19)(H,20,21). The van der Waals surface area contributed by atoms with Gasteiger partial charge in [-0.05, 0) is 59.5 Å². The predicted octanol–water partition coefficient (Wildman–Crippen LogP) is 3.05. The Morgan fingerprint density at radius 1 is 1.52 bits per heavy atom. The SMILES string of the molecule is N#Cc1ccc(C2CCCc3[nH]nc(C(=O)O)c32)cc1I. The predicted molar refractivity (Wildman–Crippen MR) is 84.2 cm³/mol. The van der Waals surface area contributed by atoms with Crippen LogP contribution >= 0.6 is 22.6 Å². The van der Waals surface area contributed by atoms with Gasteiger partial charge in [-0.15, -0.1) is 0 Å². The lowest BCUT2D eigenvalue weighted by molar-refractivity contribution is 0.0688. The molecule has 0 saturated carbocycles. The number of fused-ring (bicyclic) bond motifs is 1. The number of nitrogens with zero attached hydrogens (tertiary/aromatic N) is 2. The third kappa shape index (κ3) is 2.42. The van der Waals surface area contributed by atoms with Crippen molar-refractivity contribution < 1.29 is 9.90 Å². The van der Waals surface area contributed by atoms with Gasteiger partial charge in [0.25, 0.3) is 0 Å². The number of aromatic carboxylic acids is 1. The van der Waals surface area contributed by atoms with E-state index in [9.17, 15) is 9.90 Å². The molecule has 21 heavy (non-hydrogen) atoms. The van der Waals surface area contributed by atoms with Gasteiger partial charge in [0.2, 0.25) is 0 Å². The van der Waals surface area contributed by atoms with E-state index in [0.717, 1.165) is 39.7 Å². The Bertz CT molecular complexity index is 761. The summed E-state index contributed by atoms with van der Waals surface area (Å²) in [4.78, 5) is 11.4. The number of H-pyrrole nitrogens is 1. The summed E-state index contributed by atoms with van der Waals surface area (Å²) in [7, 11) is 0. The Balaban J connectivity index is 2.10. The normalized spacial score (nSPS) is 17.0. The summed E-state index contributed by atoms with van der Waals surface area (Å²) in [6.45, 7) is 0. The molecular formula is C15H12IN3O2. The lowest BCUT2D eigenvalue weighted by Gasteiger charge is -2.23. The number of halogens is 1. The molecule has 0 fully saturated rings. The number of aromatic nitrogens is 2. The van der Waals surface area contributed by atoms with Gasteiger partial charge in [-0.25, -0.2) is 4.79 Å². The lowest BCUT2D eigenvalue weighted by Crippen LogP contribution is -2.14. The Labute approximate surface area is 135 Å². The van der Waals surface area contributed by atoms with Gasteiger partial charge in [-0.1, -0.05) is 6.07 Å². The van der Waals surface area contributed by atoms with Crippen LogP contribution in [-0.2, 0) is 6.42 Å². The molecule has 0 bridgehead atoms.